The monoisotopic (exact) mass is 331 g/mol. The molecule has 1 rings (SSSR count). The van der Waals surface area contributed by atoms with Crippen LogP contribution in [0.15, 0.2) is 22.7 Å². The Labute approximate surface area is 121 Å². The van der Waals surface area contributed by atoms with Gasteiger partial charge in [-0.1, -0.05) is 22.9 Å². The van der Waals surface area contributed by atoms with Crippen LogP contribution >= 0.6 is 27.7 Å². The smallest absolute Gasteiger partial charge is 0.230 e. The van der Waals surface area contributed by atoms with Gasteiger partial charge in [0.25, 0.3) is 0 Å². The van der Waals surface area contributed by atoms with Crippen molar-refractivity contribution in [2.45, 2.75) is 19.1 Å². The predicted octanol–water partition coefficient (Wildman–Crippen LogP) is 3.22. The highest BCUT2D eigenvalue weighted by molar-refractivity contribution is 9.10. The molecule has 1 aromatic carbocycles. The lowest BCUT2D eigenvalue weighted by Gasteiger charge is -2.09. The van der Waals surface area contributed by atoms with Crippen molar-refractivity contribution >= 4 is 33.6 Å². The molecule has 0 saturated heterocycles. The number of thioether (sulfide) groups is 1. The first-order valence-corrected chi connectivity index (χ1v) is 7.79. The summed E-state index contributed by atoms with van der Waals surface area (Å²) >= 11 is 5.03. The Morgan fingerprint density at radius 1 is 1.50 bits per heavy atom. The van der Waals surface area contributed by atoms with Crippen molar-refractivity contribution in [2.24, 2.45) is 0 Å². The quantitative estimate of drug-likeness (QED) is 0.833. The summed E-state index contributed by atoms with van der Waals surface area (Å²) in [4.78, 5) is 11.4. The van der Waals surface area contributed by atoms with Crippen molar-refractivity contribution < 1.29 is 9.53 Å². The molecule has 0 radical (unpaired) electrons. The van der Waals surface area contributed by atoms with Crippen LogP contribution in [0.5, 0.6) is 5.75 Å². The van der Waals surface area contributed by atoms with E-state index >= 15 is 0 Å². The first kappa shape index (κ1) is 15.4. The molecule has 1 amide bonds. The van der Waals surface area contributed by atoms with Gasteiger partial charge < -0.3 is 10.1 Å². The second-order valence-corrected chi connectivity index (χ2v) is 5.70. The van der Waals surface area contributed by atoms with Crippen molar-refractivity contribution in [3.63, 3.8) is 0 Å². The topological polar surface area (TPSA) is 38.3 Å². The molecule has 0 aliphatic heterocycles. The first-order chi connectivity index (χ1) is 8.67. The molecule has 0 bridgehead atoms. The van der Waals surface area contributed by atoms with Crippen molar-refractivity contribution in [2.75, 3.05) is 19.4 Å². The van der Waals surface area contributed by atoms with Gasteiger partial charge in [0.15, 0.2) is 0 Å². The third-order valence-electron chi connectivity index (χ3n) is 2.31. The number of methoxy groups -OCH3 is 1. The van der Waals surface area contributed by atoms with Gasteiger partial charge in [0.2, 0.25) is 5.91 Å². The van der Waals surface area contributed by atoms with Crippen LogP contribution in [0.25, 0.3) is 0 Å². The molecule has 1 N–H and O–H groups in total. The van der Waals surface area contributed by atoms with Crippen LogP contribution in [0.2, 0.25) is 0 Å². The van der Waals surface area contributed by atoms with Crippen LogP contribution in [0.3, 0.4) is 0 Å². The molecule has 0 fully saturated rings. The van der Waals surface area contributed by atoms with E-state index in [1.54, 1.807) is 18.9 Å². The Hall–Kier alpha value is -0.680. The maximum atomic E-state index is 11.4. The molecule has 0 aromatic heterocycles. The summed E-state index contributed by atoms with van der Waals surface area (Å²) in [6.45, 7) is 2.79. The fourth-order valence-electron chi connectivity index (χ4n) is 1.43. The second-order valence-electron chi connectivity index (χ2n) is 3.80. The maximum Gasteiger partial charge on any atom is 0.230 e. The summed E-state index contributed by atoms with van der Waals surface area (Å²) in [5.41, 5.74) is 1.10. The fourth-order valence-corrected chi connectivity index (χ4v) is 2.67. The van der Waals surface area contributed by atoms with E-state index in [2.05, 4.69) is 21.2 Å². The molecule has 18 heavy (non-hydrogen) atoms. The molecule has 0 aliphatic carbocycles. The number of ether oxygens (including phenoxy) is 1. The summed E-state index contributed by atoms with van der Waals surface area (Å²) in [6.07, 6.45) is 0.968. The molecule has 0 saturated carbocycles. The van der Waals surface area contributed by atoms with Crippen LogP contribution in [0, 0.1) is 0 Å². The number of hydrogen-bond donors (Lipinski definition) is 1. The van der Waals surface area contributed by atoms with E-state index in [1.165, 1.54) is 0 Å². The number of amides is 1. The van der Waals surface area contributed by atoms with Gasteiger partial charge >= 0.3 is 0 Å². The summed E-state index contributed by atoms with van der Waals surface area (Å²) in [5.74, 6) is 2.20. The molecule has 0 heterocycles. The summed E-state index contributed by atoms with van der Waals surface area (Å²) < 4.78 is 6.31. The largest absolute Gasteiger partial charge is 0.496 e. The van der Waals surface area contributed by atoms with Gasteiger partial charge in [-0.15, -0.1) is 11.8 Å². The van der Waals surface area contributed by atoms with Gasteiger partial charge in [-0.25, -0.2) is 0 Å². The fraction of sp³-hybridized carbons (Fsp3) is 0.462. The lowest BCUT2D eigenvalue weighted by atomic mass is 10.2. The number of carbonyl (C=O) groups is 1. The van der Waals surface area contributed by atoms with E-state index < -0.39 is 0 Å². The van der Waals surface area contributed by atoms with E-state index in [0.717, 1.165) is 34.5 Å². The second kappa shape index (κ2) is 8.43. The van der Waals surface area contributed by atoms with Crippen LogP contribution in [-0.4, -0.2) is 25.3 Å². The molecule has 0 aliphatic rings. The Morgan fingerprint density at radius 3 is 2.94 bits per heavy atom. The predicted molar refractivity (Wildman–Crippen MR) is 80.2 cm³/mol. The number of hydrogen-bond acceptors (Lipinski definition) is 3. The highest BCUT2D eigenvalue weighted by atomic mass is 79.9. The molecule has 100 valence electrons. The molecule has 0 unspecified atom stereocenters. The van der Waals surface area contributed by atoms with Crippen molar-refractivity contribution in [3.8, 4) is 5.75 Å². The van der Waals surface area contributed by atoms with Gasteiger partial charge in [0.1, 0.15) is 5.75 Å². The number of halogens is 1. The minimum atomic E-state index is 0.0933. The molecular weight excluding hydrogens is 314 g/mol. The Kier molecular flexibility index (Phi) is 7.20. The standard InChI is InChI=1S/C13H18BrNO2S/c1-3-6-15-13(16)9-18-8-10-7-11(14)4-5-12(10)17-2/h4-5,7H,3,6,8-9H2,1-2H3,(H,15,16). The Balaban J connectivity index is 2.43. The number of nitrogens with one attached hydrogen (secondary N) is 1. The minimum Gasteiger partial charge on any atom is -0.496 e. The van der Waals surface area contributed by atoms with Gasteiger partial charge in [0.05, 0.1) is 12.9 Å². The number of rotatable bonds is 7. The maximum absolute atomic E-state index is 11.4. The summed E-state index contributed by atoms with van der Waals surface area (Å²) in [6, 6.07) is 5.90. The number of benzene rings is 1. The van der Waals surface area contributed by atoms with Crippen molar-refractivity contribution in [3.05, 3.63) is 28.2 Å². The third-order valence-corrected chi connectivity index (χ3v) is 3.78. The van der Waals surface area contributed by atoms with Crippen LogP contribution in [-0.2, 0) is 10.5 Å². The molecule has 3 nitrogen and oxygen atoms in total. The van der Waals surface area contributed by atoms with E-state index in [4.69, 9.17) is 4.74 Å². The highest BCUT2D eigenvalue weighted by Gasteiger charge is 2.06. The molecule has 1 aromatic rings. The van der Waals surface area contributed by atoms with E-state index in [9.17, 15) is 4.79 Å². The van der Waals surface area contributed by atoms with E-state index in [0.29, 0.717) is 5.75 Å². The van der Waals surface area contributed by atoms with E-state index in [-0.39, 0.29) is 5.91 Å². The summed E-state index contributed by atoms with van der Waals surface area (Å²) in [5, 5.41) is 2.86. The van der Waals surface area contributed by atoms with E-state index in [1.807, 2.05) is 25.1 Å². The van der Waals surface area contributed by atoms with Crippen LogP contribution in [0.1, 0.15) is 18.9 Å². The zero-order chi connectivity index (χ0) is 13.4. The minimum absolute atomic E-state index is 0.0933. The van der Waals surface area contributed by atoms with Crippen molar-refractivity contribution in [1.82, 2.24) is 5.32 Å². The first-order valence-electron chi connectivity index (χ1n) is 5.84. The van der Waals surface area contributed by atoms with Crippen LogP contribution < -0.4 is 10.1 Å². The lowest BCUT2D eigenvalue weighted by molar-refractivity contribution is -0.118. The highest BCUT2D eigenvalue weighted by Crippen LogP contribution is 2.26. The Bertz CT molecular complexity index is 399. The SMILES string of the molecule is CCCNC(=O)CSCc1cc(Br)ccc1OC. The Morgan fingerprint density at radius 2 is 2.28 bits per heavy atom. The van der Waals surface area contributed by atoms with Gasteiger partial charge in [0, 0.05) is 22.3 Å². The van der Waals surface area contributed by atoms with Gasteiger partial charge in [-0.05, 0) is 24.6 Å². The number of carbonyl (C=O) groups excluding carboxylic acids is 1. The van der Waals surface area contributed by atoms with Gasteiger partial charge in [-0.2, -0.15) is 0 Å². The average molecular weight is 332 g/mol. The zero-order valence-electron chi connectivity index (χ0n) is 10.7. The normalized spacial score (nSPS) is 10.2. The third kappa shape index (κ3) is 5.31. The summed E-state index contributed by atoms with van der Waals surface area (Å²) in [7, 11) is 1.66. The molecule has 5 heteroatoms. The van der Waals surface area contributed by atoms with Crippen molar-refractivity contribution in [1.29, 1.82) is 0 Å². The lowest BCUT2D eigenvalue weighted by Crippen LogP contribution is -2.25. The molecule has 0 spiro atoms. The molecular formula is C13H18BrNO2S. The van der Waals surface area contributed by atoms with Gasteiger partial charge in [-0.3, -0.25) is 4.79 Å². The average Bonchev–Trinajstić information content (AvgIpc) is 2.36. The zero-order valence-corrected chi connectivity index (χ0v) is 13.1. The molecule has 0 atom stereocenters. The van der Waals surface area contributed by atoms with Crippen LogP contribution in [0.4, 0.5) is 0 Å².